The van der Waals surface area contributed by atoms with E-state index in [4.69, 9.17) is 4.74 Å². The lowest BCUT2D eigenvalue weighted by Crippen LogP contribution is -2.33. The van der Waals surface area contributed by atoms with Gasteiger partial charge in [-0.1, -0.05) is 48.0 Å². The van der Waals surface area contributed by atoms with Crippen molar-refractivity contribution in [1.29, 1.82) is 0 Å². The van der Waals surface area contributed by atoms with Crippen molar-refractivity contribution in [2.75, 3.05) is 11.9 Å². The monoisotopic (exact) mass is 420 g/mol. The van der Waals surface area contributed by atoms with Crippen LogP contribution >= 0.6 is 0 Å². The van der Waals surface area contributed by atoms with Gasteiger partial charge in [0.1, 0.15) is 12.4 Å². The van der Waals surface area contributed by atoms with Crippen LogP contribution in [0.4, 0.5) is 10.1 Å². The maximum Gasteiger partial charge on any atom is 0.326 e. The number of carbonyl (C=O) groups is 3. The Morgan fingerprint density at radius 1 is 0.935 bits per heavy atom. The van der Waals surface area contributed by atoms with Crippen LogP contribution in [-0.4, -0.2) is 24.3 Å². The van der Waals surface area contributed by atoms with Gasteiger partial charge < -0.3 is 15.4 Å². The average molecular weight is 420 g/mol. The van der Waals surface area contributed by atoms with Crippen molar-refractivity contribution in [1.82, 2.24) is 5.32 Å². The first-order valence-electron chi connectivity index (χ1n) is 9.58. The number of benzene rings is 3. The topological polar surface area (TPSA) is 84.5 Å². The molecule has 0 aliphatic rings. The maximum atomic E-state index is 13.1. The molecule has 1 atom stereocenters. The van der Waals surface area contributed by atoms with Crippen LogP contribution < -0.4 is 10.6 Å². The van der Waals surface area contributed by atoms with Gasteiger partial charge in [-0.05, 0) is 43.3 Å². The molecule has 0 unspecified atom stereocenters. The van der Waals surface area contributed by atoms with Crippen LogP contribution in [0.3, 0.4) is 0 Å². The summed E-state index contributed by atoms with van der Waals surface area (Å²) in [4.78, 5) is 37.4. The van der Waals surface area contributed by atoms with Gasteiger partial charge in [0.15, 0.2) is 0 Å². The fourth-order valence-corrected chi connectivity index (χ4v) is 2.86. The number of carbonyl (C=O) groups excluding carboxylic acids is 3. The van der Waals surface area contributed by atoms with E-state index in [-0.39, 0.29) is 0 Å². The molecule has 2 amide bonds. The SMILES string of the molecule is Cc1cccc(C(=O)NCC(=O)O[C@H](C(=O)Nc2ccc(F)cc2)c2ccccc2)c1. The molecule has 0 heterocycles. The second-order valence-electron chi connectivity index (χ2n) is 6.83. The predicted octanol–water partition coefficient (Wildman–Crippen LogP) is 3.79. The fraction of sp³-hybridized carbons (Fsp3) is 0.125. The number of nitrogens with one attached hydrogen (secondary N) is 2. The zero-order chi connectivity index (χ0) is 22.2. The summed E-state index contributed by atoms with van der Waals surface area (Å²) in [5, 5.41) is 5.09. The summed E-state index contributed by atoms with van der Waals surface area (Å²) in [6.45, 7) is 1.45. The number of anilines is 1. The molecule has 0 aliphatic heterocycles. The van der Waals surface area contributed by atoms with E-state index in [1.54, 1.807) is 48.5 Å². The molecule has 0 aliphatic carbocycles. The van der Waals surface area contributed by atoms with E-state index in [0.717, 1.165) is 5.56 Å². The van der Waals surface area contributed by atoms with Crippen LogP contribution in [0.5, 0.6) is 0 Å². The zero-order valence-corrected chi connectivity index (χ0v) is 16.8. The Morgan fingerprint density at radius 3 is 2.32 bits per heavy atom. The Labute approximate surface area is 179 Å². The minimum Gasteiger partial charge on any atom is -0.446 e. The van der Waals surface area contributed by atoms with E-state index in [2.05, 4.69) is 10.6 Å². The molecule has 0 saturated heterocycles. The largest absolute Gasteiger partial charge is 0.446 e. The third-order valence-corrected chi connectivity index (χ3v) is 4.38. The average Bonchev–Trinajstić information content (AvgIpc) is 2.78. The van der Waals surface area contributed by atoms with Gasteiger partial charge in [0.25, 0.3) is 11.8 Å². The zero-order valence-electron chi connectivity index (χ0n) is 16.8. The Morgan fingerprint density at radius 2 is 1.65 bits per heavy atom. The molecule has 0 fully saturated rings. The first-order chi connectivity index (χ1) is 14.9. The van der Waals surface area contributed by atoms with Gasteiger partial charge in [0.2, 0.25) is 6.10 Å². The lowest BCUT2D eigenvalue weighted by Gasteiger charge is -2.18. The normalized spacial score (nSPS) is 11.3. The number of amides is 2. The van der Waals surface area contributed by atoms with Gasteiger partial charge in [-0.2, -0.15) is 0 Å². The van der Waals surface area contributed by atoms with Crippen LogP contribution in [-0.2, 0) is 14.3 Å². The third kappa shape index (κ3) is 6.24. The fourth-order valence-electron chi connectivity index (χ4n) is 2.86. The minimum atomic E-state index is -1.24. The smallest absolute Gasteiger partial charge is 0.326 e. The van der Waals surface area contributed by atoms with E-state index in [1.165, 1.54) is 24.3 Å². The van der Waals surface area contributed by atoms with E-state index < -0.39 is 36.2 Å². The standard InChI is InChI=1S/C24H21FN2O4/c1-16-6-5-9-18(14-16)23(29)26-15-21(28)31-22(17-7-3-2-4-8-17)24(30)27-20-12-10-19(25)11-13-20/h2-14,22H,15H2,1H3,(H,26,29)(H,27,30)/t22-/m0/s1. The van der Waals surface area contributed by atoms with E-state index in [9.17, 15) is 18.8 Å². The highest BCUT2D eigenvalue weighted by atomic mass is 19.1. The van der Waals surface area contributed by atoms with Crippen LogP contribution in [0.1, 0.15) is 27.6 Å². The first-order valence-corrected chi connectivity index (χ1v) is 9.58. The summed E-state index contributed by atoms with van der Waals surface area (Å²) in [5.41, 5.74) is 2.15. The van der Waals surface area contributed by atoms with Gasteiger partial charge in [0.05, 0.1) is 0 Å². The number of ether oxygens (including phenoxy) is 1. The first kappa shape index (κ1) is 21.7. The van der Waals surface area contributed by atoms with Crippen molar-refractivity contribution < 1.29 is 23.5 Å². The highest BCUT2D eigenvalue weighted by Crippen LogP contribution is 2.20. The van der Waals surface area contributed by atoms with Crippen molar-refractivity contribution >= 4 is 23.5 Å². The third-order valence-electron chi connectivity index (χ3n) is 4.38. The number of halogens is 1. The van der Waals surface area contributed by atoms with Gasteiger partial charge >= 0.3 is 5.97 Å². The summed E-state index contributed by atoms with van der Waals surface area (Å²) >= 11 is 0. The van der Waals surface area contributed by atoms with Crippen molar-refractivity contribution in [3.05, 3.63) is 101 Å². The molecule has 0 radical (unpaired) electrons. The summed E-state index contributed by atoms with van der Waals surface area (Å²) in [6, 6.07) is 20.6. The van der Waals surface area contributed by atoms with E-state index in [1.807, 2.05) is 13.0 Å². The summed E-state index contributed by atoms with van der Waals surface area (Å²) < 4.78 is 18.5. The molecule has 6 nitrogen and oxygen atoms in total. The molecule has 0 spiro atoms. The molecule has 0 saturated carbocycles. The van der Waals surface area contributed by atoms with Crippen LogP contribution in [0.25, 0.3) is 0 Å². The minimum absolute atomic E-state index is 0.358. The molecular formula is C24H21FN2O4. The van der Waals surface area contributed by atoms with Crippen LogP contribution in [0.2, 0.25) is 0 Å². The molecule has 0 aromatic heterocycles. The van der Waals surface area contributed by atoms with Crippen molar-refractivity contribution in [3.8, 4) is 0 Å². The predicted molar refractivity (Wildman–Crippen MR) is 114 cm³/mol. The van der Waals surface area contributed by atoms with Crippen molar-refractivity contribution in [2.24, 2.45) is 0 Å². The number of aryl methyl sites for hydroxylation is 1. The maximum absolute atomic E-state index is 13.1. The summed E-state index contributed by atoms with van der Waals surface area (Å²) in [5.74, 6) is -2.23. The summed E-state index contributed by atoms with van der Waals surface area (Å²) in [7, 11) is 0. The Balaban J connectivity index is 1.66. The van der Waals surface area contributed by atoms with Crippen LogP contribution in [0.15, 0.2) is 78.9 Å². The lowest BCUT2D eigenvalue weighted by atomic mass is 10.1. The quantitative estimate of drug-likeness (QED) is 0.570. The van der Waals surface area contributed by atoms with Gasteiger partial charge in [-0.15, -0.1) is 0 Å². The molecule has 0 bridgehead atoms. The molecule has 158 valence electrons. The second-order valence-corrected chi connectivity index (χ2v) is 6.83. The number of rotatable bonds is 7. The molecule has 2 N–H and O–H groups in total. The van der Waals surface area contributed by atoms with Gasteiger partial charge in [0, 0.05) is 16.8 Å². The highest BCUT2D eigenvalue weighted by Gasteiger charge is 2.25. The van der Waals surface area contributed by atoms with E-state index >= 15 is 0 Å². The Kier molecular flexibility index (Phi) is 7.11. The van der Waals surface area contributed by atoms with Gasteiger partial charge in [-0.25, -0.2) is 4.39 Å². The number of esters is 1. The van der Waals surface area contributed by atoms with E-state index in [0.29, 0.717) is 16.8 Å². The summed E-state index contributed by atoms with van der Waals surface area (Å²) in [6.07, 6.45) is -1.24. The molecule has 7 heteroatoms. The second kappa shape index (κ2) is 10.2. The highest BCUT2D eigenvalue weighted by molar-refractivity contribution is 5.98. The Hall–Kier alpha value is -4.00. The van der Waals surface area contributed by atoms with Crippen molar-refractivity contribution in [3.63, 3.8) is 0 Å². The molecule has 3 aromatic carbocycles. The van der Waals surface area contributed by atoms with Gasteiger partial charge in [-0.3, -0.25) is 14.4 Å². The molecule has 3 rings (SSSR count). The molecule has 3 aromatic rings. The van der Waals surface area contributed by atoms with Crippen LogP contribution in [0, 0.1) is 12.7 Å². The van der Waals surface area contributed by atoms with Crippen molar-refractivity contribution in [2.45, 2.75) is 13.0 Å². The lowest BCUT2D eigenvalue weighted by molar-refractivity contribution is -0.153. The number of hydrogen-bond donors (Lipinski definition) is 2. The molecule has 31 heavy (non-hydrogen) atoms. The Bertz CT molecular complexity index is 1070. The molecular weight excluding hydrogens is 399 g/mol. The number of hydrogen-bond acceptors (Lipinski definition) is 4.